The third kappa shape index (κ3) is 10.3. The van der Waals surface area contributed by atoms with E-state index in [4.69, 9.17) is 9.73 Å². The van der Waals surface area contributed by atoms with Crippen molar-refractivity contribution in [3.05, 3.63) is 35.9 Å². The number of hydrogen-bond donors (Lipinski definition) is 2. The topological polar surface area (TPSA) is 45.7 Å². The quantitative estimate of drug-likeness (QED) is 0.234. The molecule has 2 N–H and O–H groups in total. The highest BCUT2D eigenvalue weighted by Crippen LogP contribution is 2.25. The van der Waals surface area contributed by atoms with Crippen LogP contribution in [0, 0.1) is 0 Å². The van der Waals surface area contributed by atoms with Gasteiger partial charge in [-0.25, -0.2) is 0 Å². The SMILES string of the molecule is CCNC(=NCC1CCCS1)NCCCOCCc1ccccc1.I. The Balaban J connectivity index is 0.00000312. The Morgan fingerprint density at radius 3 is 2.80 bits per heavy atom. The van der Waals surface area contributed by atoms with Gasteiger partial charge >= 0.3 is 0 Å². The molecule has 1 aliphatic heterocycles. The number of halogens is 1. The van der Waals surface area contributed by atoms with Gasteiger partial charge < -0.3 is 15.4 Å². The van der Waals surface area contributed by atoms with Crippen LogP contribution in [0.4, 0.5) is 0 Å². The molecule has 1 aromatic carbocycles. The first kappa shape index (κ1) is 22.6. The summed E-state index contributed by atoms with van der Waals surface area (Å²) < 4.78 is 5.72. The van der Waals surface area contributed by atoms with Crippen LogP contribution in [0.5, 0.6) is 0 Å². The number of nitrogens with one attached hydrogen (secondary N) is 2. The summed E-state index contributed by atoms with van der Waals surface area (Å²) >= 11 is 2.06. The van der Waals surface area contributed by atoms with Crippen LogP contribution in [0.2, 0.25) is 0 Å². The highest BCUT2D eigenvalue weighted by Gasteiger charge is 2.14. The molecule has 1 saturated heterocycles. The van der Waals surface area contributed by atoms with Gasteiger partial charge in [-0.3, -0.25) is 4.99 Å². The Hall–Kier alpha value is -0.470. The zero-order valence-electron chi connectivity index (χ0n) is 15.2. The zero-order valence-corrected chi connectivity index (χ0v) is 18.4. The third-order valence-corrected chi connectivity index (χ3v) is 5.34. The minimum absolute atomic E-state index is 0. The monoisotopic (exact) mass is 477 g/mol. The van der Waals surface area contributed by atoms with Crippen molar-refractivity contribution < 1.29 is 4.74 Å². The van der Waals surface area contributed by atoms with Gasteiger partial charge in [-0.1, -0.05) is 30.3 Å². The van der Waals surface area contributed by atoms with Crippen LogP contribution in [0.1, 0.15) is 31.7 Å². The summed E-state index contributed by atoms with van der Waals surface area (Å²) in [4.78, 5) is 4.70. The van der Waals surface area contributed by atoms with Crippen molar-refractivity contribution in [3.8, 4) is 0 Å². The lowest BCUT2D eigenvalue weighted by atomic mass is 10.2. The summed E-state index contributed by atoms with van der Waals surface area (Å²) in [6.45, 7) is 6.41. The number of guanidine groups is 1. The van der Waals surface area contributed by atoms with Crippen molar-refractivity contribution in [1.29, 1.82) is 0 Å². The molecule has 0 bridgehead atoms. The molecule has 142 valence electrons. The van der Waals surface area contributed by atoms with E-state index in [1.165, 1.54) is 24.2 Å². The number of ether oxygens (including phenoxy) is 1. The second kappa shape index (κ2) is 14.7. The lowest BCUT2D eigenvalue weighted by molar-refractivity contribution is 0.135. The smallest absolute Gasteiger partial charge is 0.191 e. The Labute approximate surface area is 174 Å². The summed E-state index contributed by atoms with van der Waals surface area (Å²) in [6.07, 6.45) is 4.63. The fourth-order valence-corrected chi connectivity index (χ4v) is 3.82. The Morgan fingerprint density at radius 2 is 2.08 bits per heavy atom. The van der Waals surface area contributed by atoms with Crippen LogP contribution < -0.4 is 10.6 Å². The van der Waals surface area contributed by atoms with Gasteiger partial charge in [-0.05, 0) is 43.9 Å². The van der Waals surface area contributed by atoms with Gasteiger partial charge in [-0.2, -0.15) is 11.8 Å². The van der Waals surface area contributed by atoms with Gasteiger partial charge in [0.25, 0.3) is 0 Å². The molecule has 1 unspecified atom stereocenters. The number of aliphatic imine (C=N–C) groups is 1. The number of thioether (sulfide) groups is 1. The summed E-state index contributed by atoms with van der Waals surface area (Å²) in [5.74, 6) is 2.24. The zero-order chi connectivity index (χ0) is 16.9. The number of rotatable bonds is 10. The van der Waals surface area contributed by atoms with Crippen LogP contribution in [-0.4, -0.2) is 49.8 Å². The second-order valence-corrected chi connectivity index (χ2v) is 7.39. The second-order valence-electron chi connectivity index (χ2n) is 5.98. The molecular weight excluding hydrogens is 445 g/mol. The van der Waals surface area contributed by atoms with E-state index in [2.05, 4.69) is 53.6 Å². The van der Waals surface area contributed by atoms with Crippen molar-refractivity contribution in [3.63, 3.8) is 0 Å². The summed E-state index contributed by atoms with van der Waals surface area (Å²) in [7, 11) is 0. The molecule has 1 aliphatic rings. The van der Waals surface area contributed by atoms with Gasteiger partial charge in [0.05, 0.1) is 13.2 Å². The highest BCUT2D eigenvalue weighted by molar-refractivity contribution is 14.0. The van der Waals surface area contributed by atoms with E-state index in [-0.39, 0.29) is 24.0 Å². The molecule has 0 amide bonds. The maximum absolute atomic E-state index is 5.72. The summed E-state index contributed by atoms with van der Waals surface area (Å²) in [5.41, 5.74) is 1.34. The maximum atomic E-state index is 5.72. The molecular formula is C19H32IN3OS. The molecule has 6 heteroatoms. The first-order valence-corrected chi connectivity index (χ1v) is 10.2. The molecule has 0 saturated carbocycles. The highest BCUT2D eigenvalue weighted by atomic mass is 127. The average molecular weight is 477 g/mol. The van der Waals surface area contributed by atoms with E-state index in [0.717, 1.165) is 51.6 Å². The standard InChI is InChI=1S/C19H31N3OS.HI/c1-2-20-19(22-16-18-10-6-15-24-18)21-12-7-13-23-14-11-17-8-4-3-5-9-17;/h3-5,8-9,18H,2,6-7,10-16H2,1H3,(H2,20,21,22);1H. The number of benzene rings is 1. The van der Waals surface area contributed by atoms with Crippen molar-refractivity contribution in [2.24, 2.45) is 4.99 Å². The van der Waals surface area contributed by atoms with Gasteiger partial charge in [0.15, 0.2) is 5.96 Å². The van der Waals surface area contributed by atoms with Crippen molar-refractivity contribution >= 4 is 41.7 Å². The molecule has 1 fully saturated rings. The first-order valence-electron chi connectivity index (χ1n) is 9.14. The third-order valence-electron chi connectivity index (χ3n) is 3.96. The summed E-state index contributed by atoms with van der Waals surface area (Å²) in [6, 6.07) is 10.5. The van der Waals surface area contributed by atoms with E-state index in [1.54, 1.807) is 0 Å². The molecule has 0 spiro atoms. The number of nitrogens with zero attached hydrogens (tertiary/aromatic N) is 1. The minimum Gasteiger partial charge on any atom is -0.381 e. The van der Waals surface area contributed by atoms with Crippen LogP contribution in [0.15, 0.2) is 35.3 Å². The Morgan fingerprint density at radius 1 is 1.24 bits per heavy atom. The molecule has 0 aromatic heterocycles. The molecule has 0 aliphatic carbocycles. The molecule has 1 aromatic rings. The van der Waals surface area contributed by atoms with Gasteiger partial charge in [-0.15, -0.1) is 24.0 Å². The van der Waals surface area contributed by atoms with Gasteiger partial charge in [0.1, 0.15) is 0 Å². The Kier molecular flexibility index (Phi) is 13.2. The van der Waals surface area contributed by atoms with Crippen molar-refractivity contribution in [2.45, 2.75) is 37.9 Å². The van der Waals surface area contributed by atoms with Crippen LogP contribution >= 0.6 is 35.7 Å². The molecule has 1 heterocycles. The lowest BCUT2D eigenvalue weighted by Gasteiger charge is -2.12. The van der Waals surface area contributed by atoms with Gasteiger partial charge in [0, 0.05) is 24.9 Å². The van der Waals surface area contributed by atoms with Crippen LogP contribution in [0.3, 0.4) is 0 Å². The van der Waals surface area contributed by atoms with E-state index in [9.17, 15) is 0 Å². The average Bonchev–Trinajstić information content (AvgIpc) is 3.13. The van der Waals surface area contributed by atoms with Crippen LogP contribution in [0.25, 0.3) is 0 Å². The fourth-order valence-electron chi connectivity index (χ4n) is 2.64. The molecule has 4 nitrogen and oxygen atoms in total. The normalized spacial score (nSPS) is 17.2. The molecule has 2 rings (SSSR count). The molecule has 25 heavy (non-hydrogen) atoms. The first-order chi connectivity index (χ1) is 11.9. The van der Waals surface area contributed by atoms with Gasteiger partial charge in [0.2, 0.25) is 0 Å². The van der Waals surface area contributed by atoms with Crippen molar-refractivity contribution in [2.75, 3.05) is 38.6 Å². The maximum Gasteiger partial charge on any atom is 0.191 e. The number of hydrogen-bond acceptors (Lipinski definition) is 3. The molecule has 0 radical (unpaired) electrons. The van der Waals surface area contributed by atoms with E-state index in [1.807, 2.05) is 6.07 Å². The lowest BCUT2D eigenvalue weighted by Crippen LogP contribution is -2.38. The predicted octanol–water partition coefficient (Wildman–Crippen LogP) is 3.70. The Bertz CT molecular complexity index is 467. The minimum atomic E-state index is 0. The van der Waals surface area contributed by atoms with Crippen molar-refractivity contribution in [1.82, 2.24) is 10.6 Å². The fraction of sp³-hybridized carbons (Fsp3) is 0.632. The predicted molar refractivity (Wildman–Crippen MR) is 120 cm³/mol. The van der Waals surface area contributed by atoms with E-state index in [0.29, 0.717) is 5.25 Å². The largest absolute Gasteiger partial charge is 0.381 e. The van der Waals surface area contributed by atoms with Crippen LogP contribution in [-0.2, 0) is 11.2 Å². The summed E-state index contributed by atoms with van der Waals surface area (Å²) in [5, 5.41) is 7.43. The van der Waals surface area contributed by atoms with E-state index < -0.39 is 0 Å². The molecule has 1 atom stereocenters. The van der Waals surface area contributed by atoms with E-state index >= 15 is 0 Å².